The molecule has 0 atom stereocenters. The summed E-state index contributed by atoms with van der Waals surface area (Å²) in [7, 11) is -4.18. The lowest BCUT2D eigenvalue weighted by Crippen LogP contribution is -2.14. The van der Waals surface area contributed by atoms with E-state index in [1.54, 1.807) is 0 Å². The van der Waals surface area contributed by atoms with Gasteiger partial charge in [-0.15, -0.1) is 0 Å². The third kappa shape index (κ3) is 3.78. The molecule has 2 N–H and O–H groups in total. The van der Waals surface area contributed by atoms with Crippen LogP contribution in [0.2, 0.25) is 5.02 Å². The zero-order chi connectivity index (χ0) is 20.7. The quantitative estimate of drug-likeness (QED) is 0.660. The molecule has 0 aliphatic carbocycles. The number of aryl methyl sites for hydroxylation is 1. The number of nitrogens with two attached hydrogens (primary N) is 1. The largest absolute Gasteiger partial charge is 0.433 e. The number of nitrogens with zero attached hydrogens (tertiary/aromatic N) is 2. The average molecular weight is 430 g/mol. The smallest absolute Gasteiger partial charge is 0.260 e. The molecule has 0 spiro atoms. The lowest BCUT2D eigenvalue weighted by atomic mass is 9.98. The maximum absolute atomic E-state index is 13.9. The van der Waals surface area contributed by atoms with E-state index in [4.69, 9.17) is 16.7 Å². The number of rotatable bonds is 4. The summed E-state index contributed by atoms with van der Waals surface area (Å²) in [5, 5.41) is 9.70. The molecule has 5 nitrogen and oxygen atoms in total. The normalized spacial score (nSPS) is 12.4. The predicted octanol–water partition coefficient (Wildman–Crippen LogP) is 4.56. The fraction of sp³-hybridized carbons (Fsp3) is 0.167. The van der Waals surface area contributed by atoms with E-state index in [1.165, 1.54) is 55.5 Å². The molecule has 3 aromatic rings. The van der Waals surface area contributed by atoms with Gasteiger partial charge < -0.3 is 0 Å². The molecule has 10 heteroatoms. The van der Waals surface area contributed by atoms with E-state index >= 15 is 0 Å². The molecule has 0 amide bonds. The number of sulfonamides is 1. The van der Waals surface area contributed by atoms with Gasteiger partial charge in [-0.25, -0.2) is 13.6 Å². The number of aromatic nitrogens is 2. The van der Waals surface area contributed by atoms with Crippen LogP contribution in [-0.4, -0.2) is 18.2 Å². The average Bonchev–Trinajstić information content (AvgIpc) is 3.01. The van der Waals surface area contributed by atoms with Gasteiger partial charge in [0.1, 0.15) is 5.69 Å². The molecule has 0 saturated heterocycles. The van der Waals surface area contributed by atoms with E-state index in [0.29, 0.717) is 5.02 Å². The van der Waals surface area contributed by atoms with Crippen LogP contribution in [0.1, 0.15) is 12.6 Å². The van der Waals surface area contributed by atoms with Gasteiger partial charge in [0.25, 0.3) is 0 Å². The van der Waals surface area contributed by atoms with Gasteiger partial charge in [-0.3, -0.25) is 4.68 Å². The van der Waals surface area contributed by atoms with Gasteiger partial charge in [-0.2, -0.15) is 18.3 Å². The molecule has 0 unspecified atom stereocenters. The molecule has 148 valence electrons. The van der Waals surface area contributed by atoms with Crippen LogP contribution in [0, 0.1) is 0 Å². The Bertz CT molecular complexity index is 1120. The zero-order valence-corrected chi connectivity index (χ0v) is 16.1. The van der Waals surface area contributed by atoms with E-state index in [2.05, 4.69) is 5.10 Å². The van der Waals surface area contributed by atoms with Gasteiger partial charge in [-0.05, 0) is 30.7 Å². The number of benzene rings is 2. The summed E-state index contributed by atoms with van der Waals surface area (Å²) in [6.07, 6.45) is -4.72. The Morgan fingerprint density at radius 1 is 1.11 bits per heavy atom. The monoisotopic (exact) mass is 429 g/mol. The minimum atomic E-state index is -4.72. The predicted molar refractivity (Wildman–Crippen MR) is 100 cm³/mol. The second-order valence-corrected chi connectivity index (χ2v) is 7.90. The maximum Gasteiger partial charge on any atom is 0.433 e. The van der Waals surface area contributed by atoms with Crippen molar-refractivity contribution in [2.75, 3.05) is 0 Å². The van der Waals surface area contributed by atoms with Gasteiger partial charge in [0.2, 0.25) is 10.0 Å². The number of hydrogen-bond acceptors (Lipinski definition) is 3. The minimum Gasteiger partial charge on any atom is -0.260 e. The van der Waals surface area contributed by atoms with Crippen molar-refractivity contribution in [1.29, 1.82) is 0 Å². The first-order valence-electron chi connectivity index (χ1n) is 8.10. The number of primary sulfonamides is 1. The second-order valence-electron chi connectivity index (χ2n) is 5.93. The molecule has 0 radical (unpaired) electrons. The Hall–Kier alpha value is -2.36. The number of hydrogen-bond donors (Lipinski definition) is 1. The number of alkyl halides is 3. The minimum absolute atomic E-state index is 0.00681. The van der Waals surface area contributed by atoms with Gasteiger partial charge in [-0.1, -0.05) is 41.9 Å². The van der Waals surface area contributed by atoms with Crippen LogP contribution in [0.15, 0.2) is 53.4 Å². The van der Waals surface area contributed by atoms with Crippen LogP contribution in [0.3, 0.4) is 0 Å². The summed E-state index contributed by atoms with van der Waals surface area (Å²) < 4.78 is 66.5. The third-order valence-corrected chi connectivity index (χ3v) is 5.32. The maximum atomic E-state index is 13.9. The van der Waals surface area contributed by atoms with Crippen molar-refractivity contribution in [3.8, 4) is 22.4 Å². The number of halogens is 4. The summed E-state index contributed by atoms with van der Waals surface area (Å²) in [6, 6.07) is 11.3. The molecular weight excluding hydrogens is 415 g/mol. The highest BCUT2D eigenvalue weighted by atomic mass is 35.5. The molecule has 2 aromatic carbocycles. The first-order valence-corrected chi connectivity index (χ1v) is 10.0. The van der Waals surface area contributed by atoms with E-state index in [0.717, 1.165) is 4.68 Å². The van der Waals surface area contributed by atoms with Crippen molar-refractivity contribution >= 4 is 21.6 Å². The van der Waals surface area contributed by atoms with Crippen molar-refractivity contribution in [2.24, 2.45) is 5.14 Å². The third-order valence-electron chi connectivity index (χ3n) is 4.10. The highest BCUT2D eigenvalue weighted by molar-refractivity contribution is 7.89. The summed E-state index contributed by atoms with van der Waals surface area (Å²) in [4.78, 5) is -0.306. The second kappa shape index (κ2) is 7.23. The first-order chi connectivity index (χ1) is 13.0. The van der Waals surface area contributed by atoms with E-state index in [-0.39, 0.29) is 33.8 Å². The van der Waals surface area contributed by atoms with Crippen molar-refractivity contribution < 1.29 is 21.6 Å². The molecule has 0 aliphatic heterocycles. The highest BCUT2D eigenvalue weighted by Gasteiger charge is 2.40. The summed E-state index contributed by atoms with van der Waals surface area (Å²) >= 11 is 5.86. The van der Waals surface area contributed by atoms with Gasteiger partial charge in [0.05, 0.1) is 4.90 Å². The summed E-state index contributed by atoms with van der Waals surface area (Å²) in [6.45, 7) is 1.45. The summed E-state index contributed by atoms with van der Waals surface area (Å²) in [5.41, 5.74) is -1.14. The molecule has 0 saturated carbocycles. The van der Waals surface area contributed by atoms with Gasteiger partial charge in [0.15, 0.2) is 5.69 Å². The molecule has 1 heterocycles. The Labute approximate surface area is 164 Å². The van der Waals surface area contributed by atoms with Crippen LogP contribution in [0.4, 0.5) is 13.2 Å². The molecule has 3 rings (SSSR count). The van der Waals surface area contributed by atoms with Crippen LogP contribution >= 0.6 is 11.6 Å². The Balaban J connectivity index is 2.44. The molecule has 28 heavy (non-hydrogen) atoms. The van der Waals surface area contributed by atoms with E-state index < -0.39 is 21.9 Å². The topological polar surface area (TPSA) is 78.0 Å². The van der Waals surface area contributed by atoms with Crippen molar-refractivity contribution in [2.45, 2.75) is 24.5 Å². The Morgan fingerprint density at radius 2 is 1.71 bits per heavy atom. The molecule has 0 bridgehead atoms. The molecule has 1 aromatic heterocycles. The lowest BCUT2D eigenvalue weighted by Gasteiger charge is -2.12. The standard InChI is InChI=1S/C18H15ClF3N3O2S/c1-2-25-17(18(20,21)22)15(11-7-9-12(19)10-8-11)16(24-25)13-5-3-4-6-14(13)28(23,26)27/h3-10H,2H2,1H3,(H2,23,26,27). The Kier molecular flexibility index (Phi) is 5.26. The van der Waals surface area contributed by atoms with E-state index in [9.17, 15) is 21.6 Å². The molecule has 0 aliphatic rings. The highest BCUT2D eigenvalue weighted by Crippen LogP contribution is 2.44. The van der Waals surface area contributed by atoms with Crippen molar-refractivity contribution in [1.82, 2.24) is 9.78 Å². The van der Waals surface area contributed by atoms with Crippen LogP contribution in [0.25, 0.3) is 22.4 Å². The van der Waals surface area contributed by atoms with E-state index in [1.807, 2.05) is 0 Å². The van der Waals surface area contributed by atoms with Crippen LogP contribution in [-0.2, 0) is 22.7 Å². The molecular formula is C18H15ClF3N3O2S. The molecule has 0 fully saturated rings. The first kappa shape index (κ1) is 20.4. The SMILES string of the molecule is CCn1nc(-c2ccccc2S(N)(=O)=O)c(-c2ccc(Cl)cc2)c1C(F)(F)F. The van der Waals surface area contributed by atoms with Crippen LogP contribution in [0.5, 0.6) is 0 Å². The summed E-state index contributed by atoms with van der Waals surface area (Å²) in [5.74, 6) is 0. The lowest BCUT2D eigenvalue weighted by molar-refractivity contribution is -0.143. The Morgan fingerprint density at radius 3 is 2.25 bits per heavy atom. The van der Waals surface area contributed by atoms with Crippen molar-refractivity contribution in [3.63, 3.8) is 0 Å². The van der Waals surface area contributed by atoms with Gasteiger partial charge in [0, 0.05) is 22.7 Å². The fourth-order valence-electron chi connectivity index (χ4n) is 2.97. The van der Waals surface area contributed by atoms with Gasteiger partial charge >= 0.3 is 6.18 Å². The van der Waals surface area contributed by atoms with Crippen molar-refractivity contribution in [3.05, 3.63) is 59.2 Å². The van der Waals surface area contributed by atoms with Crippen LogP contribution < -0.4 is 5.14 Å². The zero-order valence-electron chi connectivity index (χ0n) is 14.5. The fourth-order valence-corrected chi connectivity index (χ4v) is 3.83.